The summed E-state index contributed by atoms with van der Waals surface area (Å²) in [5.41, 5.74) is 1.13. The van der Waals surface area contributed by atoms with Gasteiger partial charge >= 0.3 is 0 Å². The zero-order valence-corrected chi connectivity index (χ0v) is 9.88. The third kappa shape index (κ3) is 1.87. The molecule has 80 valence electrons. The molecule has 0 aliphatic heterocycles. The Kier molecular flexibility index (Phi) is 2.73. The number of nitrogens with one attached hydrogen (secondary N) is 1. The normalized spacial score (nSPS) is 10.9. The lowest BCUT2D eigenvalue weighted by Crippen LogP contribution is -1.99. The molecule has 15 heavy (non-hydrogen) atoms. The molecule has 0 saturated carbocycles. The molecule has 2 aromatic heterocycles. The Hall–Kier alpha value is -1.36. The van der Waals surface area contributed by atoms with Crippen LogP contribution in [0.15, 0.2) is 18.7 Å². The molecule has 0 fully saturated rings. The minimum absolute atomic E-state index is 0.419. The van der Waals surface area contributed by atoms with E-state index in [1.807, 2.05) is 25.8 Å². The molecule has 0 amide bonds. The number of thiazole rings is 1. The molecule has 2 aromatic rings. The number of hydrogen-bond acceptors (Lipinski definition) is 4. The Bertz CT molecular complexity index is 444. The van der Waals surface area contributed by atoms with Gasteiger partial charge in [-0.15, -0.1) is 0 Å². The van der Waals surface area contributed by atoms with Gasteiger partial charge in [0.25, 0.3) is 0 Å². The molecular weight excluding hydrogens is 208 g/mol. The molecule has 2 rings (SSSR count). The average Bonchev–Trinajstić information content (AvgIpc) is 2.85. The fourth-order valence-electron chi connectivity index (χ4n) is 1.42. The van der Waals surface area contributed by atoms with Crippen LogP contribution in [-0.4, -0.2) is 21.6 Å². The van der Waals surface area contributed by atoms with Crippen molar-refractivity contribution in [1.29, 1.82) is 0 Å². The molecule has 2 heterocycles. The van der Waals surface area contributed by atoms with Crippen LogP contribution >= 0.6 is 11.3 Å². The highest BCUT2D eigenvalue weighted by Crippen LogP contribution is 2.29. The first kappa shape index (κ1) is 10.2. The summed E-state index contributed by atoms with van der Waals surface area (Å²) < 4.78 is 2.15. The van der Waals surface area contributed by atoms with E-state index in [2.05, 4.69) is 33.7 Å². The van der Waals surface area contributed by atoms with E-state index >= 15 is 0 Å². The molecule has 0 aliphatic carbocycles. The van der Waals surface area contributed by atoms with Crippen LogP contribution in [0.2, 0.25) is 0 Å². The molecular formula is C10H14N4S. The van der Waals surface area contributed by atoms with Gasteiger partial charge in [-0.25, -0.2) is 9.97 Å². The molecule has 0 saturated heterocycles. The largest absolute Gasteiger partial charge is 0.365 e. The third-order valence-corrected chi connectivity index (χ3v) is 3.23. The topological polar surface area (TPSA) is 42.7 Å². The summed E-state index contributed by atoms with van der Waals surface area (Å²) in [4.78, 5) is 9.58. The Labute approximate surface area is 93.0 Å². The Morgan fingerprint density at radius 2 is 2.20 bits per heavy atom. The highest BCUT2D eigenvalue weighted by molar-refractivity contribution is 7.18. The number of nitrogens with zero attached hydrogens (tertiary/aromatic N) is 3. The van der Waals surface area contributed by atoms with E-state index in [0.717, 1.165) is 15.7 Å². The summed E-state index contributed by atoms with van der Waals surface area (Å²) in [6.45, 7) is 4.29. The maximum absolute atomic E-state index is 4.26. The number of imidazole rings is 1. The van der Waals surface area contributed by atoms with Gasteiger partial charge in [-0.3, -0.25) is 0 Å². The summed E-state index contributed by atoms with van der Waals surface area (Å²) in [5.74, 6) is 0. The molecule has 0 unspecified atom stereocenters. The molecule has 0 aromatic carbocycles. The molecule has 0 bridgehead atoms. The number of aromatic nitrogens is 3. The highest BCUT2D eigenvalue weighted by atomic mass is 32.1. The van der Waals surface area contributed by atoms with Crippen molar-refractivity contribution in [2.45, 2.75) is 19.9 Å². The fraction of sp³-hybridized carbons (Fsp3) is 0.400. The lowest BCUT2D eigenvalue weighted by molar-refractivity contribution is 0.606. The van der Waals surface area contributed by atoms with E-state index < -0.39 is 0 Å². The van der Waals surface area contributed by atoms with Gasteiger partial charge in [-0.05, 0) is 13.8 Å². The van der Waals surface area contributed by atoms with Gasteiger partial charge in [0.05, 0.1) is 23.1 Å². The monoisotopic (exact) mass is 222 g/mol. The van der Waals surface area contributed by atoms with Gasteiger partial charge in [0.15, 0.2) is 5.13 Å². The smallest absolute Gasteiger partial charge is 0.182 e. The standard InChI is InChI=1S/C10H14N4S/c1-7(2)14-6-12-4-8(14)9-5-13-10(11-3)15-9/h4-7H,1-3H3,(H,11,13). The predicted molar refractivity (Wildman–Crippen MR) is 63.3 cm³/mol. The molecule has 4 nitrogen and oxygen atoms in total. The number of hydrogen-bond donors (Lipinski definition) is 1. The maximum Gasteiger partial charge on any atom is 0.182 e. The van der Waals surface area contributed by atoms with Crippen LogP contribution in [0.5, 0.6) is 0 Å². The van der Waals surface area contributed by atoms with Gasteiger partial charge in [-0.2, -0.15) is 0 Å². The van der Waals surface area contributed by atoms with E-state index in [1.165, 1.54) is 0 Å². The zero-order valence-electron chi connectivity index (χ0n) is 9.06. The zero-order chi connectivity index (χ0) is 10.8. The number of rotatable bonds is 3. The van der Waals surface area contributed by atoms with Gasteiger partial charge in [-0.1, -0.05) is 11.3 Å². The first-order chi connectivity index (χ1) is 7.22. The summed E-state index contributed by atoms with van der Waals surface area (Å²) in [6, 6.07) is 0.419. The molecule has 0 aliphatic rings. The van der Waals surface area contributed by atoms with Crippen LogP contribution in [0.4, 0.5) is 5.13 Å². The van der Waals surface area contributed by atoms with E-state index in [0.29, 0.717) is 6.04 Å². The first-order valence-corrected chi connectivity index (χ1v) is 5.70. The van der Waals surface area contributed by atoms with Crippen molar-refractivity contribution in [2.24, 2.45) is 0 Å². The summed E-state index contributed by atoms with van der Waals surface area (Å²) in [5, 5.41) is 3.97. The van der Waals surface area contributed by atoms with E-state index in [1.54, 1.807) is 11.3 Å². The molecule has 5 heteroatoms. The second-order valence-electron chi connectivity index (χ2n) is 3.56. The van der Waals surface area contributed by atoms with Crippen molar-refractivity contribution < 1.29 is 0 Å². The first-order valence-electron chi connectivity index (χ1n) is 4.88. The molecule has 0 spiro atoms. The lowest BCUT2D eigenvalue weighted by atomic mass is 10.3. The summed E-state index contributed by atoms with van der Waals surface area (Å²) >= 11 is 1.64. The van der Waals surface area contributed by atoms with Crippen LogP contribution in [0.25, 0.3) is 10.6 Å². The molecule has 0 atom stereocenters. The van der Waals surface area contributed by atoms with Crippen LogP contribution in [0.1, 0.15) is 19.9 Å². The average molecular weight is 222 g/mol. The molecule has 1 N–H and O–H groups in total. The van der Waals surface area contributed by atoms with Crippen LogP contribution in [0, 0.1) is 0 Å². The minimum atomic E-state index is 0.419. The predicted octanol–water partition coefficient (Wildman–Crippen LogP) is 2.63. The van der Waals surface area contributed by atoms with Crippen LogP contribution in [-0.2, 0) is 0 Å². The highest BCUT2D eigenvalue weighted by Gasteiger charge is 2.10. The Morgan fingerprint density at radius 1 is 1.40 bits per heavy atom. The van der Waals surface area contributed by atoms with Crippen molar-refractivity contribution in [3.8, 4) is 10.6 Å². The van der Waals surface area contributed by atoms with Crippen LogP contribution in [0.3, 0.4) is 0 Å². The minimum Gasteiger partial charge on any atom is -0.365 e. The van der Waals surface area contributed by atoms with Crippen molar-refractivity contribution >= 4 is 16.5 Å². The van der Waals surface area contributed by atoms with Gasteiger partial charge < -0.3 is 9.88 Å². The second kappa shape index (κ2) is 4.02. The van der Waals surface area contributed by atoms with Crippen molar-refractivity contribution in [2.75, 3.05) is 12.4 Å². The maximum atomic E-state index is 4.26. The fourth-order valence-corrected chi connectivity index (χ4v) is 2.20. The van der Waals surface area contributed by atoms with Crippen molar-refractivity contribution in [1.82, 2.24) is 14.5 Å². The van der Waals surface area contributed by atoms with Crippen molar-refractivity contribution in [3.63, 3.8) is 0 Å². The summed E-state index contributed by atoms with van der Waals surface area (Å²) in [7, 11) is 1.88. The quantitative estimate of drug-likeness (QED) is 0.868. The molecule has 0 radical (unpaired) electrons. The third-order valence-electron chi connectivity index (χ3n) is 2.19. The van der Waals surface area contributed by atoms with E-state index in [-0.39, 0.29) is 0 Å². The lowest BCUT2D eigenvalue weighted by Gasteiger charge is -2.09. The Morgan fingerprint density at radius 3 is 2.80 bits per heavy atom. The van der Waals surface area contributed by atoms with Gasteiger partial charge in [0.1, 0.15) is 0 Å². The van der Waals surface area contributed by atoms with E-state index in [4.69, 9.17) is 0 Å². The van der Waals surface area contributed by atoms with E-state index in [9.17, 15) is 0 Å². The number of anilines is 1. The SMILES string of the molecule is CNc1ncc(-c2cncn2C(C)C)s1. The van der Waals surface area contributed by atoms with Gasteiger partial charge in [0, 0.05) is 19.3 Å². The Balaban J connectivity index is 2.40. The van der Waals surface area contributed by atoms with Crippen molar-refractivity contribution in [3.05, 3.63) is 18.7 Å². The summed E-state index contributed by atoms with van der Waals surface area (Å²) in [6.07, 6.45) is 5.62. The van der Waals surface area contributed by atoms with Gasteiger partial charge in [0.2, 0.25) is 0 Å². The van der Waals surface area contributed by atoms with Crippen LogP contribution < -0.4 is 5.32 Å². The second-order valence-corrected chi connectivity index (χ2v) is 4.59.